The van der Waals surface area contributed by atoms with E-state index in [1.807, 2.05) is 44.2 Å². The second-order valence-corrected chi connectivity index (χ2v) is 7.53. The van der Waals surface area contributed by atoms with Crippen LogP contribution in [0.3, 0.4) is 0 Å². The minimum absolute atomic E-state index is 0.0749. The van der Waals surface area contributed by atoms with E-state index in [1.54, 1.807) is 6.07 Å². The van der Waals surface area contributed by atoms with E-state index in [9.17, 15) is 8.42 Å². The Bertz CT molecular complexity index is 739. The van der Waals surface area contributed by atoms with Crippen molar-refractivity contribution < 1.29 is 17.9 Å². The Kier molecular flexibility index (Phi) is 6.67. The van der Waals surface area contributed by atoms with Crippen LogP contribution in [0.2, 0.25) is 0 Å². The second kappa shape index (κ2) is 8.73. The first-order valence-corrected chi connectivity index (χ1v) is 9.80. The van der Waals surface area contributed by atoms with E-state index in [1.165, 1.54) is 6.07 Å². The first-order valence-electron chi connectivity index (χ1n) is 8.14. The minimum atomic E-state index is -3.41. The summed E-state index contributed by atoms with van der Waals surface area (Å²) in [5.74, 6) is 0.773. The molecule has 129 valence electrons. The lowest BCUT2D eigenvalue weighted by Crippen LogP contribution is -2.10. The molecular formula is C19H23O4S. The third kappa shape index (κ3) is 4.74. The lowest BCUT2D eigenvalue weighted by Gasteiger charge is -2.16. The molecule has 4 nitrogen and oxygen atoms in total. The van der Waals surface area contributed by atoms with Crippen molar-refractivity contribution in [2.24, 2.45) is 0 Å². The number of hydrogen-bond acceptors (Lipinski definition) is 4. The smallest absolute Gasteiger partial charge is 0.182 e. The molecule has 2 aromatic rings. The van der Waals surface area contributed by atoms with E-state index in [2.05, 4.69) is 6.07 Å². The Balaban J connectivity index is 2.32. The SMILES string of the molecule is CCCOc1c(OCc2ccccc2)c[c]cc1S(=O)(=O)CCC. The van der Waals surface area contributed by atoms with Crippen LogP contribution in [0.25, 0.3) is 0 Å². The Labute approximate surface area is 144 Å². The molecule has 2 aromatic carbocycles. The van der Waals surface area contributed by atoms with Gasteiger partial charge in [0.15, 0.2) is 21.3 Å². The molecule has 5 heteroatoms. The third-order valence-corrected chi connectivity index (χ3v) is 5.29. The van der Waals surface area contributed by atoms with E-state index in [0.29, 0.717) is 31.1 Å². The highest BCUT2D eigenvalue weighted by molar-refractivity contribution is 7.91. The average molecular weight is 347 g/mol. The van der Waals surface area contributed by atoms with Crippen molar-refractivity contribution >= 4 is 9.84 Å². The predicted molar refractivity (Wildman–Crippen MR) is 94.2 cm³/mol. The maximum atomic E-state index is 12.5. The Hall–Kier alpha value is -2.01. The van der Waals surface area contributed by atoms with Gasteiger partial charge in [-0.2, -0.15) is 0 Å². The highest BCUT2D eigenvalue weighted by Crippen LogP contribution is 2.35. The summed E-state index contributed by atoms with van der Waals surface area (Å²) in [6, 6.07) is 15.7. The van der Waals surface area contributed by atoms with Gasteiger partial charge in [0.1, 0.15) is 11.5 Å². The lowest BCUT2D eigenvalue weighted by molar-refractivity contribution is 0.256. The monoisotopic (exact) mass is 347 g/mol. The van der Waals surface area contributed by atoms with Crippen LogP contribution in [0.1, 0.15) is 32.3 Å². The molecule has 0 unspecified atom stereocenters. The molecule has 0 aliphatic carbocycles. The van der Waals surface area contributed by atoms with Gasteiger partial charge in [0.25, 0.3) is 0 Å². The summed E-state index contributed by atoms with van der Waals surface area (Å²) in [5, 5.41) is 0. The molecule has 1 radical (unpaired) electrons. The van der Waals surface area contributed by atoms with Crippen molar-refractivity contribution in [1.82, 2.24) is 0 Å². The first kappa shape index (κ1) is 18.3. The number of ether oxygens (including phenoxy) is 2. The summed E-state index contributed by atoms with van der Waals surface area (Å²) in [5.41, 5.74) is 1.00. The van der Waals surface area contributed by atoms with Gasteiger partial charge in [-0.3, -0.25) is 0 Å². The minimum Gasteiger partial charge on any atom is -0.488 e. The fourth-order valence-corrected chi connectivity index (χ4v) is 3.69. The van der Waals surface area contributed by atoms with Crippen molar-refractivity contribution in [1.29, 1.82) is 0 Å². The summed E-state index contributed by atoms with van der Waals surface area (Å²) in [7, 11) is -3.41. The van der Waals surface area contributed by atoms with Crippen LogP contribution < -0.4 is 9.47 Å². The topological polar surface area (TPSA) is 52.6 Å². The van der Waals surface area contributed by atoms with Gasteiger partial charge in [0.05, 0.1) is 12.4 Å². The molecule has 0 N–H and O–H groups in total. The molecule has 0 atom stereocenters. The molecule has 0 aromatic heterocycles. The highest BCUT2D eigenvalue weighted by atomic mass is 32.2. The van der Waals surface area contributed by atoms with E-state index >= 15 is 0 Å². The zero-order chi connectivity index (χ0) is 17.4. The zero-order valence-electron chi connectivity index (χ0n) is 14.1. The fourth-order valence-electron chi connectivity index (χ4n) is 2.24. The Morgan fingerprint density at radius 3 is 2.42 bits per heavy atom. The van der Waals surface area contributed by atoms with Gasteiger partial charge >= 0.3 is 0 Å². The molecule has 2 rings (SSSR count). The average Bonchev–Trinajstić information content (AvgIpc) is 2.59. The van der Waals surface area contributed by atoms with Crippen LogP contribution in [0.4, 0.5) is 0 Å². The number of hydrogen-bond donors (Lipinski definition) is 0. The lowest BCUT2D eigenvalue weighted by atomic mass is 10.2. The van der Waals surface area contributed by atoms with Crippen molar-refractivity contribution in [2.45, 2.75) is 38.2 Å². The van der Waals surface area contributed by atoms with Crippen molar-refractivity contribution in [3.63, 3.8) is 0 Å². The van der Waals surface area contributed by atoms with Gasteiger partial charge in [-0.1, -0.05) is 44.2 Å². The molecule has 0 aliphatic heterocycles. The summed E-state index contributed by atoms with van der Waals surface area (Å²) in [6.07, 6.45) is 1.33. The summed E-state index contributed by atoms with van der Waals surface area (Å²) < 4.78 is 36.5. The summed E-state index contributed by atoms with van der Waals surface area (Å²) in [4.78, 5) is 0.156. The van der Waals surface area contributed by atoms with Gasteiger partial charge < -0.3 is 9.47 Å². The zero-order valence-corrected chi connectivity index (χ0v) is 14.9. The van der Waals surface area contributed by atoms with Gasteiger partial charge in [0.2, 0.25) is 0 Å². The second-order valence-electron chi connectivity index (χ2n) is 5.45. The molecule has 0 fully saturated rings. The number of benzene rings is 2. The molecule has 0 heterocycles. The molecule has 0 aliphatic rings. The largest absolute Gasteiger partial charge is 0.488 e. The van der Waals surface area contributed by atoms with Crippen molar-refractivity contribution in [3.05, 3.63) is 54.1 Å². The maximum Gasteiger partial charge on any atom is 0.182 e. The standard InChI is InChI=1S/C19H23O4S/c1-3-13-22-19-17(23-15-16-9-6-5-7-10-16)11-8-12-18(19)24(20,21)14-4-2/h5-7,9-12H,3-4,13-15H2,1-2H3. The first-order chi connectivity index (χ1) is 11.6. The van der Waals surface area contributed by atoms with E-state index < -0.39 is 9.84 Å². The van der Waals surface area contributed by atoms with Gasteiger partial charge in [-0.15, -0.1) is 0 Å². The van der Waals surface area contributed by atoms with Crippen LogP contribution in [0.15, 0.2) is 47.4 Å². The van der Waals surface area contributed by atoms with Crippen molar-refractivity contribution in [3.8, 4) is 11.5 Å². The predicted octanol–water partition coefficient (Wildman–Crippen LogP) is 4.04. The molecule has 24 heavy (non-hydrogen) atoms. The van der Waals surface area contributed by atoms with Gasteiger partial charge in [0, 0.05) is 0 Å². The summed E-state index contributed by atoms with van der Waals surface area (Å²) in [6.45, 7) is 4.58. The molecular weight excluding hydrogens is 324 g/mol. The normalized spacial score (nSPS) is 11.2. The molecule has 0 bridgehead atoms. The maximum absolute atomic E-state index is 12.5. The van der Waals surface area contributed by atoms with Crippen LogP contribution in [-0.4, -0.2) is 20.8 Å². The van der Waals surface area contributed by atoms with E-state index in [4.69, 9.17) is 9.47 Å². The van der Waals surface area contributed by atoms with Crippen LogP contribution in [-0.2, 0) is 16.4 Å². The van der Waals surface area contributed by atoms with E-state index in [-0.39, 0.29) is 10.6 Å². The van der Waals surface area contributed by atoms with Gasteiger partial charge in [-0.25, -0.2) is 8.42 Å². The van der Waals surface area contributed by atoms with Crippen LogP contribution in [0, 0.1) is 6.07 Å². The van der Waals surface area contributed by atoms with Crippen molar-refractivity contribution in [2.75, 3.05) is 12.4 Å². The Morgan fingerprint density at radius 2 is 1.75 bits per heavy atom. The molecule has 0 amide bonds. The number of sulfone groups is 1. The fraction of sp³-hybridized carbons (Fsp3) is 0.368. The summed E-state index contributed by atoms with van der Waals surface area (Å²) >= 11 is 0. The number of rotatable bonds is 9. The molecule has 0 spiro atoms. The van der Waals surface area contributed by atoms with E-state index in [0.717, 1.165) is 12.0 Å². The third-order valence-electron chi connectivity index (χ3n) is 3.37. The molecule has 0 saturated carbocycles. The quantitative estimate of drug-likeness (QED) is 0.687. The van der Waals surface area contributed by atoms with Crippen LogP contribution in [0.5, 0.6) is 11.5 Å². The van der Waals surface area contributed by atoms with Gasteiger partial charge in [-0.05, 0) is 36.6 Å². The van der Waals surface area contributed by atoms with Crippen LogP contribution >= 0.6 is 0 Å². The Morgan fingerprint density at radius 1 is 1.00 bits per heavy atom. The highest BCUT2D eigenvalue weighted by Gasteiger charge is 2.22. The molecule has 0 saturated heterocycles.